The van der Waals surface area contributed by atoms with Gasteiger partial charge in [-0.3, -0.25) is 0 Å². The third kappa shape index (κ3) is 1.93. The van der Waals surface area contributed by atoms with E-state index in [2.05, 4.69) is 0 Å². The Bertz CT molecular complexity index is 657. The second-order valence-electron chi connectivity index (χ2n) is 4.50. The van der Waals surface area contributed by atoms with Crippen molar-refractivity contribution in [1.82, 2.24) is 4.57 Å². The van der Waals surface area contributed by atoms with E-state index in [-0.39, 0.29) is 11.1 Å². The van der Waals surface area contributed by atoms with Crippen LogP contribution in [0.15, 0.2) is 12.1 Å². The SMILES string of the molecule is CCn1c(C)[n+](CC)c2cc(C(=O)[O-])c(C(=O)[O-])cc21. The summed E-state index contributed by atoms with van der Waals surface area (Å²) in [7, 11) is 0. The molecule has 0 N–H and O–H groups in total. The third-order valence-corrected chi connectivity index (χ3v) is 3.55. The van der Waals surface area contributed by atoms with Crippen molar-refractivity contribution in [2.75, 3.05) is 0 Å². The molecule has 1 heterocycles. The van der Waals surface area contributed by atoms with Gasteiger partial charge in [0.1, 0.15) is 0 Å². The molecule has 1 aromatic carbocycles. The van der Waals surface area contributed by atoms with Crippen molar-refractivity contribution in [2.24, 2.45) is 0 Å². The number of imidazole rings is 1. The molecule has 0 saturated carbocycles. The summed E-state index contributed by atoms with van der Waals surface area (Å²) in [6.07, 6.45) is 0. The second kappa shape index (κ2) is 4.96. The molecule has 1 aromatic heterocycles. The Morgan fingerprint density at radius 1 is 1.15 bits per heavy atom. The maximum absolute atomic E-state index is 11.1. The molecular weight excluding hydrogens is 260 g/mol. The van der Waals surface area contributed by atoms with Crippen molar-refractivity contribution in [3.05, 3.63) is 29.1 Å². The van der Waals surface area contributed by atoms with Crippen LogP contribution in [0.2, 0.25) is 0 Å². The fraction of sp³-hybridized carbons (Fsp3) is 0.357. The number of carboxylic acids is 2. The Labute approximate surface area is 115 Å². The topological polar surface area (TPSA) is 89.1 Å². The van der Waals surface area contributed by atoms with Gasteiger partial charge in [0.15, 0.2) is 11.0 Å². The predicted molar refractivity (Wildman–Crippen MR) is 66.9 cm³/mol. The third-order valence-electron chi connectivity index (χ3n) is 3.55. The lowest BCUT2D eigenvalue weighted by molar-refractivity contribution is -0.674. The lowest BCUT2D eigenvalue weighted by Gasteiger charge is -2.10. The van der Waals surface area contributed by atoms with Crippen LogP contribution in [-0.2, 0) is 13.1 Å². The summed E-state index contributed by atoms with van der Waals surface area (Å²) in [6, 6.07) is 2.69. The lowest BCUT2D eigenvalue weighted by atomic mass is 10.1. The number of carboxylic acid groups (broad SMARTS) is 2. The zero-order valence-electron chi connectivity index (χ0n) is 11.6. The number of aromatic nitrogens is 2. The van der Waals surface area contributed by atoms with Crippen molar-refractivity contribution in [2.45, 2.75) is 33.9 Å². The summed E-state index contributed by atoms with van der Waals surface area (Å²) in [5, 5.41) is 22.2. The minimum atomic E-state index is -1.52. The molecule has 0 saturated heterocycles. The summed E-state index contributed by atoms with van der Waals surface area (Å²) < 4.78 is 3.87. The van der Waals surface area contributed by atoms with E-state index in [0.717, 1.165) is 5.82 Å². The molecule has 2 rings (SSSR count). The van der Waals surface area contributed by atoms with Gasteiger partial charge in [0.05, 0.1) is 25.0 Å². The Balaban J connectivity index is 2.94. The maximum Gasteiger partial charge on any atom is 0.254 e. The van der Waals surface area contributed by atoms with Gasteiger partial charge in [-0.15, -0.1) is 0 Å². The molecule has 6 nitrogen and oxygen atoms in total. The second-order valence-corrected chi connectivity index (χ2v) is 4.50. The number of aryl methyl sites for hydroxylation is 2. The molecule has 0 bridgehead atoms. The molecule has 2 aromatic rings. The number of carbonyl (C=O) groups excluding carboxylic acids is 2. The summed E-state index contributed by atoms with van der Waals surface area (Å²) >= 11 is 0. The number of nitrogens with zero attached hydrogens (tertiary/aromatic N) is 2. The molecule has 20 heavy (non-hydrogen) atoms. The van der Waals surface area contributed by atoms with E-state index < -0.39 is 11.9 Å². The zero-order valence-corrected chi connectivity index (χ0v) is 11.6. The molecule has 0 radical (unpaired) electrons. The molecule has 0 aliphatic rings. The van der Waals surface area contributed by atoms with Crippen molar-refractivity contribution in [3.8, 4) is 0 Å². The van der Waals surface area contributed by atoms with Gasteiger partial charge in [-0.05, 0) is 26.0 Å². The van der Waals surface area contributed by atoms with Gasteiger partial charge >= 0.3 is 0 Å². The van der Waals surface area contributed by atoms with Crippen LogP contribution in [0.5, 0.6) is 0 Å². The van der Waals surface area contributed by atoms with E-state index in [9.17, 15) is 19.8 Å². The van der Waals surface area contributed by atoms with Crippen molar-refractivity contribution < 1.29 is 24.4 Å². The number of benzene rings is 1. The van der Waals surface area contributed by atoms with Crippen LogP contribution >= 0.6 is 0 Å². The van der Waals surface area contributed by atoms with Gasteiger partial charge in [0.25, 0.3) is 5.82 Å². The number of hydrogen-bond acceptors (Lipinski definition) is 4. The van der Waals surface area contributed by atoms with Gasteiger partial charge < -0.3 is 19.8 Å². The van der Waals surface area contributed by atoms with Gasteiger partial charge in [-0.25, -0.2) is 9.13 Å². The van der Waals surface area contributed by atoms with Crippen LogP contribution in [0.1, 0.15) is 40.4 Å². The van der Waals surface area contributed by atoms with Crippen LogP contribution in [0.25, 0.3) is 11.0 Å². The molecule has 0 spiro atoms. The first-order valence-corrected chi connectivity index (χ1v) is 6.41. The van der Waals surface area contributed by atoms with Crippen LogP contribution in [-0.4, -0.2) is 16.5 Å². The van der Waals surface area contributed by atoms with Crippen molar-refractivity contribution in [3.63, 3.8) is 0 Å². The molecule has 0 aliphatic carbocycles. The number of aromatic carboxylic acids is 2. The molecule has 0 atom stereocenters. The highest BCUT2D eigenvalue weighted by molar-refractivity contribution is 6.03. The molecule has 0 fully saturated rings. The van der Waals surface area contributed by atoms with E-state index in [1.807, 2.05) is 29.9 Å². The average Bonchev–Trinajstić information content (AvgIpc) is 2.67. The molecule has 0 unspecified atom stereocenters. The number of rotatable bonds is 4. The number of hydrogen-bond donors (Lipinski definition) is 0. The summed E-state index contributed by atoms with van der Waals surface area (Å²) in [4.78, 5) is 22.2. The van der Waals surface area contributed by atoms with E-state index in [1.54, 1.807) is 0 Å². The Hall–Kier alpha value is -2.37. The van der Waals surface area contributed by atoms with Crippen LogP contribution in [0, 0.1) is 6.92 Å². The average molecular weight is 275 g/mol. The van der Waals surface area contributed by atoms with Crippen LogP contribution in [0.3, 0.4) is 0 Å². The standard InChI is InChI=1S/C14H16N2O4/c1-4-15-8(3)16(5-2)12-7-10(14(19)20)9(13(17)18)6-11(12)15/h6-7H,4-5H2,1-3H3,(H-,17,18,19,20)/p-1. The first-order valence-electron chi connectivity index (χ1n) is 6.41. The summed E-state index contributed by atoms with van der Waals surface area (Å²) in [6.45, 7) is 7.11. The minimum absolute atomic E-state index is 0.354. The molecule has 106 valence electrons. The summed E-state index contributed by atoms with van der Waals surface area (Å²) in [5.41, 5.74) is 0.646. The predicted octanol–water partition coefficient (Wildman–Crippen LogP) is -0.996. The van der Waals surface area contributed by atoms with E-state index >= 15 is 0 Å². The fourth-order valence-corrected chi connectivity index (χ4v) is 2.64. The van der Waals surface area contributed by atoms with Crippen LogP contribution < -0.4 is 14.8 Å². The van der Waals surface area contributed by atoms with Gasteiger partial charge in [0, 0.05) is 18.1 Å². The normalized spacial score (nSPS) is 10.9. The number of fused-ring (bicyclic) bond motifs is 1. The van der Waals surface area contributed by atoms with Gasteiger partial charge in [0.2, 0.25) is 0 Å². The van der Waals surface area contributed by atoms with E-state index in [0.29, 0.717) is 24.1 Å². The smallest absolute Gasteiger partial charge is 0.254 e. The van der Waals surface area contributed by atoms with Gasteiger partial charge in [-0.1, -0.05) is 0 Å². The molecule has 0 amide bonds. The lowest BCUT2D eigenvalue weighted by Crippen LogP contribution is -2.35. The minimum Gasteiger partial charge on any atom is -0.545 e. The summed E-state index contributed by atoms with van der Waals surface area (Å²) in [5.74, 6) is -2.10. The van der Waals surface area contributed by atoms with Crippen molar-refractivity contribution in [1.29, 1.82) is 0 Å². The van der Waals surface area contributed by atoms with E-state index in [4.69, 9.17) is 0 Å². The molecular formula is C14H15N2O4-. The first kappa shape index (κ1) is 14.0. The molecule has 0 aliphatic heterocycles. The maximum atomic E-state index is 11.1. The zero-order chi connectivity index (χ0) is 15.0. The highest BCUT2D eigenvalue weighted by atomic mass is 16.4. The first-order chi connectivity index (χ1) is 9.42. The quantitative estimate of drug-likeness (QED) is 0.670. The highest BCUT2D eigenvalue weighted by Crippen LogP contribution is 2.20. The van der Waals surface area contributed by atoms with Crippen molar-refractivity contribution >= 4 is 23.0 Å². The molecule has 6 heteroatoms. The van der Waals surface area contributed by atoms with E-state index in [1.165, 1.54) is 12.1 Å². The Morgan fingerprint density at radius 3 is 2.15 bits per heavy atom. The number of carbonyl (C=O) groups is 2. The fourth-order valence-electron chi connectivity index (χ4n) is 2.64. The van der Waals surface area contributed by atoms with Crippen LogP contribution in [0.4, 0.5) is 0 Å². The monoisotopic (exact) mass is 275 g/mol. The Morgan fingerprint density at radius 2 is 1.70 bits per heavy atom. The highest BCUT2D eigenvalue weighted by Gasteiger charge is 2.22. The Kier molecular flexibility index (Phi) is 3.48. The van der Waals surface area contributed by atoms with Gasteiger partial charge in [-0.2, -0.15) is 0 Å². The largest absolute Gasteiger partial charge is 0.545 e.